The van der Waals surface area contributed by atoms with Gasteiger partial charge in [0.15, 0.2) is 5.65 Å². The van der Waals surface area contributed by atoms with E-state index in [0.29, 0.717) is 43.0 Å². The Balaban J connectivity index is 1.28. The Morgan fingerprint density at radius 2 is 1.78 bits per heavy atom. The van der Waals surface area contributed by atoms with Crippen LogP contribution in [0.2, 0.25) is 5.28 Å². The average Bonchev–Trinajstić information content (AvgIpc) is 3.36. The zero-order valence-electron chi connectivity index (χ0n) is 20.2. The number of ether oxygens (including phenoxy) is 1. The van der Waals surface area contributed by atoms with E-state index in [1.807, 2.05) is 47.1 Å². The van der Waals surface area contributed by atoms with E-state index in [-0.39, 0.29) is 30.1 Å². The second-order valence-corrected chi connectivity index (χ2v) is 9.05. The first kappa shape index (κ1) is 24.5. The summed E-state index contributed by atoms with van der Waals surface area (Å²) in [4.78, 5) is 34.7. The summed E-state index contributed by atoms with van der Waals surface area (Å²) in [6.07, 6.45) is 2.87. The van der Waals surface area contributed by atoms with Gasteiger partial charge in [0.2, 0.25) is 5.28 Å². The van der Waals surface area contributed by atoms with Crippen molar-refractivity contribution in [3.63, 3.8) is 0 Å². The Labute approximate surface area is 218 Å². The number of aromatic nitrogens is 4. The molecule has 0 aliphatic carbocycles. The van der Waals surface area contributed by atoms with E-state index >= 15 is 0 Å². The largest absolute Gasteiger partial charge is 0.445 e. The quantitative estimate of drug-likeness (QED) is 0.363. The number of hydrogen-bond acceptors (Lipinski definition) is 6. The highest BCUT2D eigenvalue weighted by molar-refractivity contribution is 6.28. The molecule has 10 nitrogen and oxygen atoms in total. The summed E-state index contributed by atoms with van der Waals surface area (Å²) < 4.78 is 7.36. The predicted molar refractivity (Wildman–Crippen MR) is 140 cm³/mol. The van der Waals surface area contributed by atoms with Crippen LogP contribution >= 0.6 is 11.6 Å². The molecule has 0 spiro atoms. The van der Waals surface area contributed by atoms with Crippen molar-refractivity contribution in [3.05, 3.63) is 71.6 Å². The van der Waals surface area contributed by atoms with E-state index < -0.39 is 0 Å². The summed E-state index contributed by atoms with van der Waals surface area (Å²) >= 11 is 6.31. The number of urea groups is 1. The van der Waals surface area contributed by atoms with Crippen molar-refractivity contribution in [2.24, 2.45) is 0 Å². The lowest BCUT2D eigenvalue weighted by Gasteiger charge is -2.31. The second kappa shape index (κ2) is 10.8. The number of carbonyl (C=O) groups excluding carboxylic acids is 2. The number of carbonyl (C=O) groups is 2. The molecule has 190 valence electrons. The van der Waals surface area contributed by atoms with Crippen LogP contribution in [0.25, 0.3) is 22.3 Å². The number of piperidine rings is 1. The van der Waals surface area contributed by atoms with Crippen molar-refractivity contribution in [3.8, 4) is 11.3 Å². The Bertz CT molecular complexity index is 1400. The zero-order valence-corrected chi connectivity index (χ0v) is 21.0. The molecule has 0 bridgehead atoms. The highest BCUT2D eigenvalue weighted by Gasteiger charge is 2.27. The number of halogens is 1. The van der Waals surface area contributed by atoms with Crippen LogP contribution in [0.1, 0.15) is 24.4 Å². The van der Waals surface area contributed by atoms with Gasteiger partial charge in [0, 0.05) is 31.4 Å². The molecule has 1 aliphatic rings. The van der Waals surface area contributed by atoms with Crippen LogP contribution in [0.5, 0.6) is 0 Å². The number of nitrogens with zero attached hydrogens (tertiary/aromatic N) is 5. The fraction of sp³-hybridized carbons (Fsp3) is 0.269. The normalized spacial score (nSPS) is 13.9. The summed E-state index contributed by atoms with van der Waals surface area (Å²) in [6.45, 7) is 1.38. The van der Waals surface area contributed by atoms with Gasteiger partial charge in [-0.2, -0.15) is 10.1 Å². The van der Waals surface area contributed by atoms with Gasteiger partial charge in [0.05, 0.1) is 23.3 Å². The van der Waals surface area contributed by atoms with Gasteiger partial charge < -0.3 is 20.3 Å². The lowest BCUT2D eigenvalue weighted by molar-refractivity contribution is 0.0824. The zero-order chi connectivity index (χ0) is 25.8. The van der Waals surface area contributed by atoms with Gasteiger partial charge in [-0.25, -0.2) is 19.3 Å². The van der Waals surface area contributed by atoms with Gasteiger partial charge >= 0.3 is 12.1 Å². The maximum absolute atomic E-state index is 12.5. The van der Waals surface area contributed by atoms with Crippen LogP contribution < -0.4 is 10.6 Å². The third-order valence-electron chi connectivity index (χ3n) is 6.34. The smallest absolute Gasteiger partial charge is 0.410 e. The van der Waals surface area contributed by atoms with Crippen molar-refractivity contribution >= 4 is 40.4 Å². The fourth-order valence-corrected chi connectivity index (χ4v) is 4.56. The van der Waals surface area contributed by atoms with Gasteiger partial charge in [0.25, 0.3) is 0 Å². The molecule has 0 saturated carbocycles. The molecule has 0 unspecified atom stereocenters. The highest BCUT2D eigenvalue weighted by Crippen LogP contribution is 2.32. The standard InChI is InChI=1S/C26H26ClN7O3/c1-28-25(35)30-19-9-7-18(8-10-19)22-21-15-29-34(23(21)32-24(27)31-22)20-11-13-33(14-12-20)26(36)37-16-17-5-3-2-4-6-17/h2-10,15,20H,11-14,16H2,1H3,(H2,28,30,35). The molecular formula is C26H26ClN7O3. The van der Waals surface area contributed by atoms with E-state index in [4.69, 9.17) is 16.3 Å². The summed E-state index contributed by atoms with van der Waals surface area (Å²) in [5.41, 5.74) is 3.75. The Kier molecular flexibility index (Phi) is 7.18. The number of hydrogen-bond donors (Lipinski definition) is 2. The van der Waals surface area contributed by atoms with Gasteiger partial charge in [0.1, 0.15) is 6.61 Å². The molecule has 3 amide bonds. The summed E-state index contributed by atoms with van der Waals surface area (Å²) in [7, 11) is 1.56. The van der Waals surface area contributed by atoms with Gasteiger partial charge in [-0.1, -0.05) is 42.5 Å². The number of fused-ring (bicyclic) bond motifs is 1. The molecule has 0 radical (unpaired) electrons. The molecule has 2 aromatic carbocycles. The topological polar surface area (TPSA) is 114 Å². The Hall–Kier alpha value is -4.18. The molecule has 5 rings (SSSR count). The number of rotatable bonds is 5. The van der Waals surface area contributed by atoms with Crippen LogP contribution in [0.3, 0.4) is 0 Å². The van der Waals surface area contributed by atoms with Gasteiger partial charge in [-0.15, -0.1) is 0 Å². The van der Waals surface area contributed by atoms with Crippen LogP contribution in [0, 0.1) is 0 Å². The van der Waals surface area contributed by atoms with E-state index in [9.17, 15) is 9.59 Å². The van der Waals surface area contributed by atoms with Crippen molar-refractivity contribution in [1.82, 2.24) is 30.0 Å². The Morgan fingerprint density at radius 3 is 2.49 bits per heavy atom. The number of nitrogens with one attached hydrogen (secondary N) is 2. The molecule has 1 fully saturated rings. The van der Waals surface area contributed by atoms with E-state index in [1.54, 1.807) is 30.3 Å². The third kappa shape index (κ3) is 5.49. The number of likely N-dealkylation sites (tertiary alicyclic amines) is 1. The van der Waals surface area contributed by atoms with Crippen molar-refractivity contribution in [2.45, 2.75) is 25.5 Å². The number of benzene rings is 2. The molecule has 3 heterocycles. The molecule has 1 aliphatic heterocycles. The van der Waals surface area contributed by atoms with Crippen molar-refractivity contribution < 1.29 is 14.3 Å². The van der Waals surface area contributed by atoms with Crippen LogP contribution in [-0.4, -0.2) is 56.9 Å². The second-order valence-electron chi connectivity index (χ2n) is 8.71. The van der Waals surface area contributed by atoms with Crippen molar-refractivity contribution in [1.29, 1.82) is 0 Å². The predicted octanol–water partition coefficient (Wildman–Crippen LogP) is 4.87. The molecule has 37 heavy (non-hydrogen) atoms. The first-order chi connectivity index (χ1) is 18.0. The molecule has 0 atom stereocenters. The average molecular weight is 520 g/mol. The van der Waals surface area contributed by atoms with Crippen LogP contribution in [-0.2, 0) is 11.3 Å². The first-order valence-corrected chi connectivity index (χ1v) is 12.3. The first-order valence-electron chi connectivity index (χ1n) is 12.0. The number of amides is 3. The van der Waals surface area contributed by atoms with Gasteiger partial charge in [-0.3, -0.25) is 0 Å². The Morgan fingerprint density at radius 1 is 1.05 bits per heavy atom. The molecule has 4 aromatic rings. The molecule has 2 N–H and O–H groups in total. The summed E-state index contributed by atoms with van der Waals surface area (Å²) in [5.74, 6) is 0. The number of anilines is 1. The minimum absolute atomic E-state index is 0.0635. The molecule has 1 saturated heterocycles. The third-order valence-corrected chi connectivity index (χ3v) is 6.51. The van der Waals surface area contributed by atoms with Crippen molar-refractivity contribution in [2.75, 3.05) is 25.5 Å². The summed E-state index contributed by atoms with van der Waals surface area (Å²) in [6, 6.07) is 16.7. The van der Waals surface area contributed by atoms with Crippen LogP contribution in [0.15, 0.2) is 60.8 Å². The van der Waals surface area contributed by atoms with E-state index in [0.717, 1.165) is 16.5 Å². The molecule has 11 heteroatoms. The van der Waals surface area contributed by atoms with E-state index in [1.165, 1.54) is 0 Å². The van der Waals surface area contributed by atoms with E-state index in [2.05, 4.69) is 25.7 Å². The molecule has 2 aromatic heterocycles. The maximum atomic E-state index is 12.5. The van der Waals surface area contributed by atoms with Gasteiger partial charge in [-0.05, 0) is 42.1 Å². The monoisotopic (exact) mass is 519 g/mol. The minimum Gasteiger partial charge on any atom is -0.445 e. The lowest BCUT2D eigenvalue weighted by atomic mass is 10.1. The maximum Gasteiger partial charge on any atom is 0.410 e. The minimum atomic E-state index is -0.311. The van der Waals surface area contributed by atoms with Crippen LogP contribution in [0.4, 0.5) is 15.3 Å². The molecular weight excluding hydrogens is 494 g/mol. The fourth-order valence-electron chi connectivity index (χ4n) is 4.40. The summed E-state index contributed by atoms with van der Waals surface area (Å²) in [5, 5.41) is 10.8. The SMILES string of the molecule is CNC(=O)Nc1ccc(-c2nc(Cl)nc3c2cnn3C2CCN(C(=O)OCc3ccccc3)CC2)cc1. The lowest BCUT2D eigenvalue weighted by Crippen LogP contribution is -2.39. The highest BCUT2D eigenvalue weighted by atomic mass is 35.5.